The number of Topliss-reactive ketones (excluding diaryl/α,β-unsaturated/α-hetero) is 1. The van der Waals surface area contributed by atoms with Crippen LogP contribution in [0, 0.1) is 5.41 Å². The van der Waals surface area contributed by atoms with Crippen molar-refractivity contribution in [1.29, 1.82) is 0 Å². The largest absolute Gasteiger partial charge is 0.462 e. The number of carbonyl (C=O) groups excluding carboxylic acids is 2. The first kappa shape index (κ1) is 11.8. The molecule has 17 heavy (non-hydrogen) atoms. The van der Waals surface area contributed by atoms with Crippen molar-refractivity contribution in [2.45, 2.75) is 26.7 Å². The number of hydrogen-bond donors (Lipinski definition) is 0. The van der Waals surface area contributed by atoms with Gasteiger partial charge < -0.3 is 4.74 Å². The highest BCUT2D eigenvalue weighted by Crippen LogP contribution is 2.47. The fraction of sp³-hybridized carbons (Fsp3) is 0.429. The van der Waals surface area contributed by atoms with E-state index >= 15 is 0 Å². The fourth-order valence-corrected chi connectivity index (χ4v) is 1.81. The first-order chi connectivity index (χ1) is 8.08. The summed E-state index contributed by atoms with van der Waals surface area (Å²) in [7, 11) is 0. The maximum atomic E-state index is 12.3. The van der Waals surface area contributed by atoms with Gasteiger partial charge in [0.25, 0.3) is 0 Å². The number of benzene rings is 1. The zero-order valence-electron chi connectivity index (χ0n) is 10.2. The SMILES string of the molecule is CCOC(=O)c1ccccc1C(=O)C1(C)CC1. The number of hydrogen-bond acceptors (Lipinski definition) is 3. The van der Waals surface area contributed by atoms with Crippen LogP contribution in [0.4, 0.5) is 0 Å². The van der Waals surface area contributed by atoms with Gasteiger partial charge in [-0.3, -0.25) is 4.79 Å². The molecular weight excluding hydrogens is 216 g/mol. The zero-order valence-corrected chi connectivity index (χ0v) is 10.2. The molecule has 1 aromatic carbocycles. The molecule has 0 amide bonds. The molecule has 90 valence electrons. The van der Waals surface area contributed by atoms with E-state index < -0.39 is 5.97 Å². The lowest BCUT2D eigenvalue weighted by atomic mass is 9.93. The number of carbonyl (C=O) groups is 2. The monoisotopic (exact) mass is 232 g/mol. The topological polar surface area (TPSA) is 43.4 Å². The molecule has 0 saturated heterocycles. The van der Waals surface area contributed by atoms with Crippen LogP contribution in [0.3, 0.4) is 0 Å². The summed E-state index contributed by atoms with van der Waals surface area (Å²) in [6, 6.07) is 6.88. The van der Waals surface area contributed by atoms with E-state index in [-0.39, 0.29) is 11.2 Å². The van der Waals surface area contributed by atoms with Gasteiger partial charge in [-0.15, -0.1) is 0 Å². The molecule has 1 aliphatic rings. The van der Waals surface area contributed by atoms with Crippen LogP contribution in [0.2, 0.25) is 0 Å². The van der Waals surface area contributed by atoms with E-state index in [0.717, 1.165) is 12.8 Å². The molecule has 1 aliphatic carbocycles. The Labute approximate surface area is 101 Å². The van der Waals surface area contributed by atoms with Gasteiger partial charge in [0.2, 0.25) is 0 Å². The second-order valence-corrected chi connectivity index (χ2v) is 4.66. The van der Waals surface area contributed by atoms with Crippen molar-refractivity contribution in [2.24, 2.45) is 5.41 Å². The van der Waals surface area contributed by atoms with Gasteiger partial charge in [0.05, 0.1) is 12.2 Å². The van der Waals surface area contributed by atoms with Crippen molar-refractivity contribution < 1.29 is 14.3 Å². The van der Waals surface area contributed by atoms with Gasteiger partial charge in [-0.05, 0) is 25.8 Å². The molecule has 3 nitrogen and oxygen atoms in total. The second kappa shape index (κ2) is 4.32. The Hall–Kier alpha value is -1.64. The Kier molecular flexibility index (Phi) is 3.01. The summed E-state index contributed by atoms with van der Waals surface area (Å²) < 4.78 is 4.96. The van der Waals surface area contributed by atoms with E-state index in [2.05, 4.69) is 0 Å². The lowest BCUT2D eigenvalue weighted by Crippen LogP contribution is -2.17. The van der Waals surface area contributed by atoms with Crippen LogP contribution in [0.25, 0.3) is 0 Å². The third-order valence-corrected chi connectivity index (χ3v) is 3.22. The predicted octanol–water partition coefficient (Wildman–Crippen LogP) is 2.85. The summed E-state index contributed by atoms with van der Waals surface area (Å²) in [4.78, 5) is 24.0. The predicted molar refractivity (Wildman–Crippen MR) is 64.1 cm³/mol. The molecular formula is C14H16O3. The quantitative estimate of drug-likeness (QED) is 0.592. The van der Waals surface area contributed by atoms with Crippen LogP contribution in [0.15, 0.2) is 24.3 Å². The molecule has 0 bridgehead atoms. The van der Waals surface area contributed by atoms with E-state index in [1.165, 1.54) is 0 Å². The Morgan fingerprint density at radius 3 is 2.35 bits per heavy atom. The molecule has 3 heteroatoms. The molecule has 2 rings (SSSR count). The summed E-state index contributed by atoms with van der Waals surface area (Å²) >= 11 is 0. The lowest BCUT2D eigenvalue weighted by molar-refractivity contribution is 0.0522. The molecule has 0 aliphatic heterocycles. The smallest absolute Gasteiger partial charge is 0.338 e. The molecule has 0 atom stereocenters. The first-order valence-electron chi connectivity index (χ1n) is 5.89. The Morgan fingerprint density at radius 1 is 1.24 bits per heavy atom. The Morgan fingerprint density at radius 2 is 1.82 bits per heavy atom. The highest BCUT2D eigenvalue weighted by Gasteiger charge is 2.45. The van der Waals surface area contributed by atoms with Crippen molar-refractivity contribution in [2.75, 3.05) is 6.61 Å². The average molecular weight is 232 g/mol. The van der Waals surface area contributed by atoms with Gasteiger partial charge in [-0.2, -0.15) is 0 Å². The Balaban J connectivity index is 2.34. The molecule has 0 unspecified atom stereocenters. The molecule has 0 spiro atoms. The number of ether oxygens (including phenoxy) is 1. The van der Waals surface area contributed by atoms with E-state index in [1.54, 1.807) is 31.2 Å². The van der Waals surface area contributed by atoms with Crippen LogP contribution in [0.1, 0.15) is 47.4 Å². The van der Waals surface area contributed by atoms with Crippen LogP contribution < -0.4 is 0 Å². The maximum absolute atomic E-state index is 12.3. The van der Waals surface area contributed by atoms with Crippen molar-refractivity contribution in [3.63, 3.8) is 0 Å². The minimum Gasteiger partial charge on any atom is -0.462 e. The third kappa shape index (κ3) is 2.23. The Bertz CT molecular complexity index is 458. The van der Waals surface area contributed by atoms with E-state index in [4.69, 9.17) is 4.74 Å². The minimum absolute atomic E-state index is 0.0566. The summed E-state index contributed by atoms with van der Waals surface area (Å²) in [5.74, 6) is -0.359. The average Bonchev–Trinajstić information content (AvgIpc) is 3.08. The number of esters is 1. The minimum atomic E-state index is -0.416. The summed E-state index contributed by atoms with van der Waals surface area (Å²) in [6.07, 6.45) is 1.81. The van der Waals surface area contributed by atoms with Gasteiger partial charge >= 0.3 is 5.97 Å². The van der Waals surface area contributed by atoms with Gasteiger partial charge in [-0.1, -0.05) is 25.1 Å². The van der Waals surface area contributed by atoms with Crippen molar-refractivity contribution in [3.8, 4) is 0 Å². The van der Waals surface area contributed by atoms with Gasteiger partial charge in [-0.25, -0.2) is 4.79 Å². The maximum Gasteiger partial charge on any atom is 0.338 e. The van der Waals surface area contributed by atoms with E-state index in [1.807, 2.05) is 6.92 Å². The second-order valence-electron chi connectivity index (χ2n) is 4.66. The van der Waals surface area contributed by atoms with Gasteiger partial charge in [0, 0.05) is 11.0 Å². The van der Waals surface area contributed by atoms with Crippen LogP contribution in [-0.4, -0.2) is 18.4 Å². The molecule has 1 aromatic rings. The molecule has 0 aromatic heterocycles. The normalized spacial score (nSPS) is 16.4. The number of rotatable bonds is 4. The molecule has 0 N–H and O–H groups in total. The highest BCUT2D eigenvalue weighted by atomic mass is 16.5. The molecule has 1 fully saturated rings. The van der Waals surface area contributed by atoms with Crippen LogP contribution >= 0.6 is 0 Å². The summed E-state index contributed by atoms with van der Waals surface area (Å²) in [5.41, 5.74) is 0.612. The van der Waals surface area contributed by atoms with Crippen LogP contribution in [0.5, 0.6) is 0 Å². The summed E-state index contributed by atoms with van der Waals surface area (Å²) in [5, 5.41) is 0. The molecule has 0 radical (unpaired) electrons. The van der Waals surface area contributed by atoms with Gasteiger partial charge in [0.1, 0.15) is 0 Å². The summed E-state index contributed by atoms with van der Waals surface area (Å²) in [6.45, 7) is 4.01. The molecule has 0 heterocycles. The van der Waals surface area contributed by atoms with Crippen molar-refractivity contribution in [3.05, 3.63) is 35.4 Å². The highest BCUT2D eigenvalue weighted by molar-refractivity contribution is 6.09. The van der Waals surface area contributed by atoms with E-state index in [0.29, 0.717) is 17.7 Å². The van der Waals surface area contributed by atoms with Crippen LogP contribution in [-0.2, 0) is 4.74 Å². The third-order valence-electron chi connectivity index (χ3n) is 3.22. The van der Waals surface area contributed by atoms with Crippen molar-refractivity contribution >= 4 is 11.8 Å². The van der Waals surface area contributed by atoms with Crippen molar-refractivity contribution in [1.82, 2.24) is 0 Å². The fourth-order valence-electron chi connectivity index (χ4n) is 1.81. The van der Waals surface area contributed by atoms with E-state index in [9.17, 15) is 9.59 Å². The first-order valence-corrected chi connectivity index (χ1v) is 5.89. The molecule has 1 saturated carbocycles. The number of ketones is 1. The van der Waals surface area contributed by atoms with Gasteiger partial charge in [0.15, 0.2) is 5.78 Å². The lowest BCUT2D eigenvalue weighted by Gasteiger charge is -2.11. The zero-order chi connectivity index (χ0) is 12.5. The standard InChI is InChI=1S/C14H16O3/c1-3-17-13(16)11-7-5-4-6-10(11)12(15)14(2)8-9-14/h4-7H,3,8-9H2,1-2H3.